The number of amides is 1. The minimum absolute atomic E-state index is 0.207. The molecule has 0 aliphatic carbocycles. The van der Waals surface area contributed by atoms with Gasteiger partial charge in [-0.05, 0) is 32.9 Å². The smallest absolute Gasteiger partial charge is 0.407 e. The fourth-order valence-electron chi connectivity index (χ4n) is 2.09. The molecular weight excluding hydrogens is 278 g/mol. The van der Waals surface area contributed by atoms with Crippen LogP contribution in [0.3, 0.4) is 0 Å². The van der Waals surface area contributed by atoms with Crippen molar-refractivity contribution in [3.63, 3.8) is 0 Å². The SMILES string of the molecule is CC(C)(C)OC(=O)NCC(N)Cc1ccc2ccccc2n1. The molecule has 1 heterocycles. The number of fused-ring (bicyclic) bond motifs is 1. The van der Waals surface area contributed by atoms with Crippen LogP contribution in [-0.4, -0.2) is 29.3 Å². The molecule has 1 amide bonds. The summed E-state index contributed by atoms with van der Waals surface area (Å²) in [7, 11) is 0. The Morgan fingerprint density at radius 2 is 2.00 bits per heavy atom. The summed E-state index contributed by atoms with van der Waals surface area (Å²) in [5.74, 6) is 0. The van der Waals surface area contributed by atoms with E-state index in [9.17, 15) is 4.79 Å². The number of carbonyl (C=O) groups excluding carboxylic acids is 1. The molecule has 0 aliphatic heterocycles. The molecule has 0 spiro atoms. The Hall–Kier alpha value is -2.14. The number of alkyl carbamates (subject to hydrolysis) is 1. The molecule has 0 saturated carbocycles. The van der Waals surface area contributed by atoms with Crippen LogP contribution in [0.4, 0.5) is 4.79 Å². The maximum absolute atomic E-state index is 11.6. The second-order valence-electron chi connectivity index (χ2n) is 6.34. The van der Waals surface area contributed by atoms with E-state index in [1.165, 1.54) is 0 Å². The quantitative estimate of drug-likeness (QED) is 0.910. The highest BCUT2D eigenvalue weighted by Gasteiger charge is 2.16. The highest BCUT2D eigenvalue weighted by atomic mass is 16.6. The van der Waals surface area contributed by atoms with E-state index in [2.05, 4.69) is 10.3 Å². The van der Waals surface area contributed by atoms with Gasteiger partial charge in [-0.3, -0.25) is 4.98 Å². The van der Waals surface area contributed by atoms with Gasteiger partial charge in [0.05, 0.1) is 5.52 Å². The van der Waals surface area contributed by atoms with Gasteiger partial charge in [-0.2, -0.15) is 0 Å². The molecule has 3 N–H and O–H groups in total. The van der Waals surface area contributed by atoms with E-state index in [0.29, 0.717) is 13.0 Å². The van der Waals surface area contributed by atoms with Crippen LogP contribution < -0.4 is 11.1 Å². The topological polar surface area (TPSA) is 77.2 Å². The van der Waals surface area contributed by atoms with Gasteiger partial charge in [-0.1, -0.05) is 24.3 Å². The fraction of sp³-hybridized carbons (Fsp3) is 0.412. The molecule has 1 aromatic heterocycles. The van der Waals surface area contributed by atoms with Crippen molar-refractivity contribution in [1.29, 1.82) is 0 Å². The van der Waals surface area contributed by atoms with Crippen molar-refractivity contribution in [2.75, 3.05) is 6.54 Å². The van der Waals surface area contributed by atoms with E-state index < -0.39 is 11.7 Å². The Morgan fingerprint density at radius 1 is 1.27 bits per heavy atom. The number of hydrogen-bond donors (Lipinski definition) is 2. The van der Waals surface area contributed by atoms with Gasteiger partial charge in [0.25, 0.3) is 0 Å². The fourth-order valence-corrected chi connectivity index (χ4v) is 2.09. The van der Waals surface area contributed by atoms with Gasteiger partial charge in [0, 0.05) is 30.1 Å². The highest BCUT2D eigenvalue weighted by Crippen LogP contribution is 2.12. The molecule has 5 heteroatoms. The van der Waals surface area contributed by atoms with Gasteiger partial charge in [-0.25, -0.2) is 4.79 Å². The first-order chi connectivity index (χ1) is 10.3. The standard InChI is InChI=1S/C17H23N3O2/c1-17(2,3)22-16(21)19-11-13(18)10-14-9-8-12-6-4-5-7-15(12)20-14/h4-9,13H,10-11,18H2,1-3H3,(H,19,21). The first-order valence-electron chi connectivity index (χ1n) is 7.40. The molecular formula is C17H23N3O2. The Balaban J connectivity index is 1.88. The zero-order valence-corrected chi connectivity index (χ0v) is 13.3. The maximum atomic E-state index is 11.6. The highest BCUT2D eigenvalue weighted by molar-refractivity contribution is 5.78. The number of nitrogens with zero attached hydrogens (tertiary/aromatic N) is 1. The lowest BCUT2D eigenvalue weighted by molar-refractivity contribution is 0.0524. The van der Waals surface area contributed by atoms with Crippen molar-refractivity contribution in [2.45, 2.75) is 38.8 Å². The van der Waals surface area contributed by atoms with Crippen LogP contribution in [0.2, 0.25) is 0 Å². The number of ether oxygens (including phenoxy) is 1. The number of aromatic nitrogens is 1. The summed E-state index contributed by atoms with van der Waals surface area (Å²) in [6.07, 6.45) is 0.148. The van der Waals surface area contributed by atoms with Crippen molar-refractivity contribution < 1.29 is 9.53 Å². The molecule has 0 aliphatic rings. The first kappa shape index (κ1) is 16.2. The predicted octanol–water partition coefficient (Wildman–Crippen LogP) is 2.63. The van der Waals surface area contributed by atoms with Gasteiger partial charge in [0.1, 0.15) is 5.60 Å². The minimum atomic E-state index is -0.506. The average Bonchev–Trinajstić information content (AvgIpc) is 2.43. The van der Waals surface area contributed by atoms with Crippen molar-refractivity contribution in [1.82, 2.24) is 10.3 Å². The molecule has 0 radical (unpaired) electrons. The summed E-state index contributed by atoms with van der Waals surface area (Å²) in [6.45, 7) is 5.83. The minimum Gasteiger partial charge on any atom is -0.444 e. The van der Waals surface area contributed by atoms with Gasteiger partial charge < -0.3 is 15.8 Å². The molecule has 1 aromatic carbocycles. The van der Waals surface area contributed by atoms with E-state index >= 15 is 0 Å². The number of para-hydroxylation sites is 1. The molecule has 0 saturated heterocycles. The van der Waals surface area contributed by atoms with Crippen LogP contribution >= 0.6 is 0 Å². The number of carbonyl (C=O) groups is 1. The monoisotopic (exact) mass is 301 g/mol. The Kier molecular flexibility index (Phi) is 4.98. The number of benzene rings is 1. The molecule has 1 unspecified atom stereocenters. The van der Waals surface area contributed by atoms with Crippen molar-refractivity contribution >= 4 is 17.0 Å². The van der Waals surface area contributed by atoms with Crippen LogP contribution in [0.15, 0.2) is 36.4 Å². The number of hydrogen-bond acceptors (Lipinski definition) is 4. The number of nitrogens with two attached hydrogens (primary N) is 1. The zero-order valence-electron chi connectivity index (χ0n) is 13.3. The third-order valence-electron chi connectivity index (χ3n) is 3.03. The zero-order chi connectivity index (χ0) is 16.2. The van der Waals surface area contributed by atoms with Crippen LogP contribution in [-0.2, 0) is 11.2 Å². The summed E-state index contributed by atoms with van der Waals surface area (Å²) in [4.78, 5) is 16.2. The molecule has 2 rings (SSSR count). The number of nitrogens with one attached hydrogen (secondary N) is 1. The van der Waals surface area contributed by atoms with Crippen LogP contribution in [0.25, 0.3) is 10.9 Å². The second-order valence-corrected chi connectivity index (χ2v) is 6.34. The molecule has 5 nitrogen and oxygen atoms in total. The lowest BCUT2D eigenvalue weighted by Crippen LogP contribution is -2.41. The first-order valence-corrected chi connectivity index (χ1v) is 7.40. The third kappa shape index (κ3) is 5.00. The normalized spacial score (nSPS) is 12.9. The van der Waals surface area contributed by atoms with Gasteiger partial charge >= 0.3 is 6.09 Å². The Morgan fingerprint density at radius 3 is 2.73 bits per heavy atom. The van der Waals surface area contributed by atoms with Crippen molar-refractivity contribution in [3.8, 4) is 0 Å². The summed E-state index contributed by atoms with van der Waals surface area (Å²) in [6, 6.07) is 11.7. The van der Waals surface area contributed by atoms with E-state index in [0.717, 1.165) is 16.6 Å². The van der Waals surface area contributed by atoms with E-state index in [1.807, 2.05) is 57.2 Å². The summed E-state index contributed by atoms with van der Waals surface area (Å²) < 4.78 is 5.17. The summed E-state index contributed by atoms with van der Waals surface area (Å²) in [5.41, 5.74) is 7.41. The van der Waals surface area contributed by atoms with E-state index in [-0.39, 0.29) is 6.04 Å². The largest absolute Gasteiger partial charge is 0.444 e. The Labute approximate surface area is 130 Å². The van der Waals surface area contributed by atoms with Crippen molar-refractivity contribution in [2.24, 2.45) is 5.73 Å². The predicted molar refractivity (Wildman–Crippen MR) is 87.7 cm³/mol. The third-order valence-corrected chi connectivity index (χ3v) is 3.03. The van der Waals surface area contributed by atoms with Crippen LogP contribution in [0.1, 0.15) is 26.5 Å². The molecule has 2 aromatic rings. The molecule has 1 atom stereocenters. The van der Waals surface area contributed by atoms with Crippen LogP contribution in [0.5, 0.6) is 0 Å². The van der Waals surface area contributed by atoms with Crippen LogP contribution in [0, 0.1) is 0 Å². The lowest BCUT2D eigenvalue weighted by Gasteiger charge is -2.20. The summed E-state index contributed by atoms with van der Waals surface area (Å²) in [5, 5.41) is 3.79. The average molecular weight is 301 g/mol. The molecule has 118 valence electrons. The molecule has 0 fully saturated rings. The number of rotatable bonds is 4. The number of pyridine rings is 1. The Bertz CT molecular complexity index is 650. The van der Waals surface area contributed by atoms with Gasteiger partial charge in [0.15, 0.2) is 0 Å². The summed E-state index contributed by atoms with van der Waals surface area (Å²) >= 11 is 0. The maximum Gasteiger partial charge on any atom is 0.407 e. The van der Waals surface area contributed by atoms with E-state index in [1.54, 1.807) is 0 Å². The van der Waals surface area contributed by atoms with E-state index in [4.69, 9.17) is 10.5 Å². The molecule has 0 bridgehead atoms. The van der Waals surface area contributed by atoms with Gasteiger partial charge in [0.2, 0.25) is 0 Å². The second kappa shape index (κ2) is 6.75. The lowest BCUT2D eigenvalue weighted by atomic mass is 10.1. The van der Waals surface area contributed by atoms with Gasteiger partial charge in [-0.15, -0.1) is 0 Å². The van der Waals surface area contributed by atoms with Crippen molar-refractivity contribution in [3.05, 3.63) is 42.1 Å². The molecule has 22 heavy (non-hydrogen) atoms.